The molecule has 0 aromatic heterocycles. The lowest BCUT2D eigenvalue weighted by molar-refractivity contribution is 0.0794. The molecule has 0 radical (unpaired) electrons. The SMILES string of the molecule is CCCCN(CC(CO)(NC(C)C)C1CC1)C1CC1. The molecule has 3 nitrogen and oxygen atoms in total. The summed E-state index contributed by atoms with van der Waals surface area (Å²) in [6.07, 6.45) is 7.83. The Kier molecular flexibility index (Phi) is 5.27. The van der Waals surface area contributed by atoms with Crippen molar-refractivity contribution in [3.05, 3.63) is 0 Å². The van der Waals surface area contributed by atoms with Crippen LogP contribution in [0.3, 0.4) is 0 Å². The van der Waals surface area contributed by atoms with Gasteiger partial charge in [0, 0.05) is 18.6 Å². The fraction of sp³-hybridized carbons (Fsp3) is 1.00. The van der Waals surface area contributed by atoms with E-state index < -0.39 is 0 Å². The van der Waals surface area contributed by atoms with E-state index in [9.17, 15) is 5.11 Å². The van der Waals surface area contributed by atoms with Gasteiger partial charge in [-0.3, -0.25) is 4.90 Å². The minimum atomic E-state index is -0.0511. The molecule has 0 heterocycles. The first-order chi connectivity index (χ1) is 9.11. The molecule has 2 aliphatic rings. The first kappa shape index (κ1) is 15.3. The molecule has 0 spiro atoms. The lowest BCUT2D eigenvalue weighted by Gasteiger charge is -2.40. The zero-order valence-electron chi connectivity index (χ0n) is 13.0. The van der Waals surface area contributed by atoms with Gasteiger partial charge in [0.25, 0.3) is 0 Å². The van der Waals surface area contributed by atoms with Crippen LogP contribution >= 0.6 is 0 Å². The normalized spacial score (nSPS) is 23.1. The standard InChI is InChI=1S/C16H32N2O/c1-4-5-10-18(15-8-9-15)11-16(12-19,14-6-7-14)17-13(2)3/h13-15,17,19H,4-12H2,1-3H3. The van der Waals surface area contributed by atoms with Gasteiger partial charge in [0.15, 0.2) is 0 Å². The topological polar surface area (TPSA) is 35.5 Å². The van der Waals surface area contributed by atoms with E-state index in [1.807, 2.05) is 0 Å². The van der Waals surface area contributed by atoms with Crippen molar-refractivity contribution in [2.75, 3.05) is 19.7 Å². The van der Waals surface area contributed by atoms with Gasteiger partial charge in [-0.15, -0.1) is 0 Å². The van der Waals surface area contributed by atoms with Gasteiger partial charge < -0.3 is 10.4 Å². The maximum Gasteiger partial charge on any atom is 0.0628 e. The van der Waals surface area contributed by atoms with Crippen LogP contribution in [-0.4, -0.2) is 47.3 Å². The van der Waals surface area contributed by atoms with Crippen LogP contribution in [0.25, 0.3) is 0 Å². The van der Waals surface area contributed by atoms with Crippen LogP contribution in [0, 0.1) is 5.92 Å². The summed E-state index contributed by atoms with van der Waals surface area (Å²) in [5.74, 6) is 0.683. The molecule has 2 fully saturated rings. The third kappa shape index (κ3) is 4.17. The van der Waals surface area contributed by atoms with Gasteiger partial charge in [0.1, 0.15) is 0 Å². The van der Waals surface area contributed by atoms with Crippen LogP contribution < -0.4 is 5.32 Å². The third-order valence-electron chi connectivity index (χ3n) is 4.56. The molecule has 112 valence electrons. The Morgan fingerprint density at radius 2 is 1.95 bits per heavy atom. The summed E-state index contributed by atoms with van der Waals surface area (Å²) in [6, 6.07) is 1.24. The summed E-state index contributed by atoms with van der Waals surface area (Å²) < 4.78 is 0. The van der Waals surface area contributed by atoms with E-state index >= 15 is 0 Å². The van der Waals surface area contributed by atoms with Crippen molar-refractivity contribution < 1.29 is 5.11 Å². The van der Waals surface area contributed by atoms with E-state index in [4.69, 9.17) is 0 Å². The Labute approximate surface area is 118 Å². The van der Waals surface area contributed by atoms with E-state index in [1.54, 1.807) is 0 Å². The number of nitrogens with one attached hydrogen (secondary N) is 1. The van der Waals surface area contributed by atoms with Gasteiger partial charge in [0.2, 0.25) is 0 Å². The minimum absolute atomic E-state index is 0.0511. The first-order valence-corrected chi connectivity index (χ1v) is 8.24. The quantitative estimate of drug-likeness (QED) is 0.638. The molecule has 0 aliphatic heterocycles. The third-order valence-corrected chi connectivity index (χ3v) is 4.56. The smallest absolute Gasteiger partial charge is 0.0628 e. The predicted molar refractivity (Wildman–Crippen MR) is 80.3 cm³/mol. The van der Waals surface area contributed by atoms with Gasteiger partial charge in [-0.1, -0.05) is 27.2 Å². The summed E-state index contributed by atoms with van der Waals surface area (Å²) >= 11 is 0. The molecule has 0 saturated heterocycles. The Hall–Kier alpha value is -0.120. The van der Waals surface area contributed by atoms with Gasteiger partial charge in [-0.2, -0.15) is 0 Å². The van der Waals surface area contributed by atoms with Crippen molar-refractivity contribution in [1.29, 1.82) is 0 Å². The molecule has 0 aromatic carbocycles. The molecular weight excluding hydrogens is 236 g/mol. The van der Waals surface area contributed by atoms with E-state index in [-0.39, 0.29) is 12.1 Å². The first-order valence-electron chi connectivity index (χ1n) is 8.24. The van der Waals surface area contributed by atoms with E-state index in [0.29, 0.717) is 12.0 Å². The molecule has 0 aromatic rings. The van der Waals surface area contributed by atoms with Crippen LogP contribution in [0.15, 0.2) is 0 Å². The Morgan fingerprint density at radius 1 is 1.26 bits per heavy atom. The summed E-state index contributed by atoms with van der Waals surface area (Å²) in [7, 11) is 0. The van der Waals surface area contributed by atoms with Crippen molar-refractivity contribution in [1.82, 2.24) is 10.2 Å². The number of hydrogen-bond donors (Lipinski definition) is 2. The van der Waals surface area contributed by atoms with Crippen molar-refractivity contribution in [2.45, 2.75) is 76.9 Å². The summed E-state index contributed by atoms with van der Waals surface area (Å²) in [5, 5.41) is 13.7. The van der Waals surface area contributed by atoms with Gasteiger partial charge >= 0.3 is 0 Å². The molecule has 3 heteroatoms. The molecule has 1 atom stereocenters. The molecule has 19 heavy (non-hydrogen) atoms. The fourth-order valence-corrected chi connectivity index (χ4v) is 3.28. The Morgan fingerprint density at radius 3 is 2.37 bits per heavy atom. The number of unbranched alkanes of at least 4 members (excludes halogenated alkanes) is 1. The van der Waals surface area contributed by atoms with Gasteiger partial charge in [-0.25, -0.2) is 0 Å². The van der Waals surface area contributed by atoms with E-state index in [2.05, 4.69) is 31.0 Å². The highest BCUT2D eigenvalue weighted by atomic mass is 16.3. The average Bonchev–Trinajstić information content (AvgIpc) is 3.23. The lowest BCUT2D eigenvalue weighted by Crippen LogP contribution is -2.60. The molecule has 2 saturated carbocycles. The fourth-order valence-electron chi connectivity index (χ4n) is 3.28. The van der Waals surface area contributed by atoms with Gasteiger partial charge in [0.05, 0.1) is 12.1 Å². The van der Waals surface area contributed by atoms with Crippen molar-refractivity contribution in [3.63, 3.8) is 0 Å². The van der Waals surface area contributed by atoms with Crippen molar-refractivity contribution in [3.8, 4) is 0 Å². The summed E-state index contributed by atoms with van der Waals surface area (Å²) in [5.41, 5.74) is -0.0511. The summed E-state index contributed by atoms with van der Waals surface area (Å²) in [6.45, 7) is 9.18. The van der Waals surface area contributed by atoms with Crippen molar-refractivity contribution >= 4 is 0 Å². The molecule has 2 N–H and O–H groups in total. The zero-order chi connectivity index (χ0) is 13.9. The second-order valence-electron chi connectivity index (χ2n) is 6.94. The zero-order valence-corrected chi connectivity index (χ0v) is 13.0. The van der Waals surface area contributed by atoms with Crippen LogP contribution in [0.1, 0.15) is 59.3 Å². The van der Waals surface area contributed by atoms with E-state index in [0.717, 1.165) is 12.6 Å². The second-order valence-corrected chi connectivity index (χ2v) is 6.94. The number of nitrogens with zero attached hydrogens (tertiary/aromatic N) is 1. The maximum absolute atomic E-state index is 10.0. The van der Waals surface area contributed by atoms with Crippen LogP contribution in [0.5, 0.6) is 0 Å². The van der Waals surface area contributed by atoms with Crippen molar-refractivity contribution in [2.24, 2.45) is 5.92 Å². The monoisotopic (exact) mass is 268 g/mol. The lowest BCUT2D eigenvalue weighted by atomic mass is 9.92. The molecule has 0 bridgehead atoms. The van der Waals surface area contributed by atoms with Crippen LogP contribution in [0.2, 0.25) is 0 Å². The minimum Gasteiger partial charge on any atom is -0.394 e. The number of aliphatic hydroxyl groups is 1. The molecule has 2 rings (SSSR count). The van der Waals surface area contributed by atoms with Gasteiger partial charge in [-0.05, 0) is 44.6 Å². The molecule has 2 aliphatic carbocycles. The molecular formula is C16H32N2O. The van der Waals surface area contributed by atoms with E-state index in [1.165, 1.54) is 45.1 Å². The number of aliphatic hydroxyl groups excluding tert-OH is 1. The highest BCUT2D eigenvalue weighted by molar-refractivity contribution is 5.05. The number of rotatable bonds is 10. The number of hydrogen-bond acceptors (Lipinski definition) is 3. The maximum atomic E-state index is 10.0. The highest BCUT2D eigenvalue weighted by Crippen LogP contribution is 2.41. The summed E-state index contributed by atoms with van der Waals surface area (Å²) in [4.78, 5) is 2.65. The van der Waals surface area contributed by atoms with Crippen LogP contribution in [-0.2, 0) is 0 Å². The van der Waals surface area contributed by atoms with Crippen LogP contribution in [0.4, 0.5) is 0 Å². The average molecular weight is 268 g/mol. The Bertz CT molecular complexity index is 274. The second kappa shape index (κ2) is 6.55. The highest BCUT2D eigenvalue weighted by Gasteiger charge is 2.47. The Balaban J connectivity index is 1.99. The molecule has 1 unspecified atom stereocenters. The predicted octanol–water partition coefficient (Wildman–Crippen LogP) is 2.39. The molecule has 0 amide bonds. The largest absolute Gasteiger partial charge is 0.394 e.